The molecule has 7 nitrogen and oxygen atoms in total. The van der Waals surface area contributed by atoms with Crippen LogP contribution in [-0.4, -0.2) is 38.9 Å². The molecule has 1 aliphatic heterocycles. The molecule has 1 aromatic rings. The van der Waals surface area contributed by atoms with Gasteiger partial charge in [-0.15, -0.1) is 0 Å². The van der Waals surface area contributed by atoms with Crippen molar-refractivity contribution in [2.45, 2.75) is 6.10 Å². The number of amides is 2. The molecule has 0 bridgehead atoms. The van der Waals surface area contributed by atoms with Crippen LogP contribution in [0.25, 0.3) is 0 Å². The Morgan fingerprint density at radius 2 is 2.26 bits per heavy atom. The Labute approximate surface area is 109 Å². The highest BCUT2D eigenvalue weighted by atomic mass is 16.6. The van der Waals surface area contributed by atoms with Crippen LogP contribution in [0, 0.1) is 0 Å². The van der Waals surface area contributed by atoms with Gasteiger partial charge in [0.15, 0.2) is 0 Å². The molecule has 1 aliphatic rings. The normalized spacial score (nSPS) is 18.1. The van der Waals surface area contributed by atoms with Gasteiger partial charge in [-0.25, -0.2) is 4.79 Å². The number of hydrogen-bond donors (Lipinski definition) is 1. The molecule has 0 saturated carbocycles. The maximum atomic E-state index is 12.1. The van der Waals surface area contributed by atoms with E-state index in [0.717, 1.165) is 0 Å². The highest BCUT2D eigenvalue weighted by Crippen LogP contribution is 2.34. The highest BCUT2D eigenvalue weighted by Gasteiger charge is 2.32. The van der Waals surface area contributed by atoms with Gasteiger partial charge >= 0.3 is 6.09 Å². The number of methoxy groups -OCH3 is 1. The van der Waals surface area contributed by atoms with Crippen LogP contribution >= 0.6 is 0 Å². The van der Waals surface area contributed by atoms with Crippen LogP contribution in [0.3, 0.4) is 0 Å². The van der Waals surface area contributed by atoms with Crippen LogP contribution < -0.4 is 20.1 Å². The predicted octanol–water partition coefficient (Wildman–Crippen LogP) is 0.514. The van der Waals surface area contributed by atoms with E-state index in [4.69, 9.17) is 19.9 Å². The third kappa shape index (κ3) is 2.54. The van der Waals surface area contributed by atoms with Gasteiger partial charge in [0.2, 0.25) is 6.10 Å². The molecule has 2 rings (SSSR count). The smallest absolute Gasteiger partial charge is 0.405 e. The zero-order valence-electron chi connectivity index (χ0n) is 10.6. The van der Waals surface area contributed by atoms with E-state index in [9.17, 15) is 9.59 Å². The van der Waals surface area contributed by atoms with Gasteiger partial charge in [-0.05, 0) is 12.1 Å². The molecule has 0 spiro atoms. The van der Waals surface area contributed by atoms with Crippen molar-refractivity contribution in [1.82, 2.24) is 0 Å². The van der Waals surface area contributed by atoms with Gasteiger partial charge < -0.3 is 24.8 Å². The fourth-order valence-electron chi connectivity index (χ4n) is 1.80. The van der Waals surface area contributed by atoms with E-state index in [0.29, 0.717) is 17.2 Å². The van der Waals surface area contributed by atoms with Gasteiger partial charge in [0, 0.05) is 13.1 Å². The van der Waals surface area contributed by atoms with Crippen molar-refractivity contribution >= 4 is 17.7 Å². The summed E-state index contributed by atoms with van der Waals surface area (Å²) in [6.45, 7) is -0.0779. The van der Waals surface area contributed by atoms with E-state index in [1.54, 1.807) is 25.2 Å². The summed E-state index contributed by atoms with van der Waals surface area (Å²) in [4.78, 5) is 24.2. The first kappa shape index (κ1) is 13.0. The molecular weight excluding hydrogens is 252 g/mol. The molecule has 0 aliphatic carbocycles. The van der Waals surface area contributed by atoms with Crippen LogP contribution in [-0.2, 0) is 9.53 Å². The standard InChI is InChI=1S/C12H14N2O5/c1-14-8-5-7(17-2)3-4-9(8)18-6-10(11(14)15)19-12(13)16/h3-5,10H,6H2,1-2H3,(H2,13,16)/t10-/m0/s1. The predicted molar refractivity (Wildman–Crippen MR) is 66.4 cm³/mol. The molecule has 102 valence electrons. The minimum Gasteiger partial charge on any atom is -0.497 e. The number of benzene rings is 1. The molecule has 0 aromatic heterocycles. The number of anilines is 1. The van der Waals surface area contributed by atoms with Crippen molar-refractivity contribution in [2.75, 3.05) is 25.7 Å². The number of hydrogen-bond acceptors (Lipinski definition) is 5. The first-order valence-corrected chi connectivity index (χ1v) is 5.57. The van der Waals surface area contributed by atoms with Gasteiger partial charge in [0.25, 0.3) is 5.91 Å². The molecule has 0 unspecified atom stereocenters. The van der Waals surface area contributed by atoms with Crippen molar-refractivity contribution < 1.29 is 23.8 Å². The lowest BCUT2D eigenvalue weighted by molar-refractivity contribution is -0.127. The molecule has 1 atom stereocenters. The fraction of sp³-hybridized carbons (Fsp3) is 0.333. The average molecular weight is 266 g/mol. The summed E-state index contributed by atoms with van der Waals surface area (Å²) in [5.41, 5.74) is 5.47. The Morgan fingerprint density at radius 3 is 2.89 bits per heavy atom. The molecule has 0 saturated heterocycles. The number of primary amides is 1. The summed E-state index contributed by atoms with van der Waals surface area (Å²) >= 11 is 0. The molecular formula is C12H14N2O5. The van der Waals surface area contributed by atoms with E-state index in [1.165, 1.54) is 12.0 Å². The monoisotopic (exact) mass is 266 g/mol. The molecule has 1 aromatic carbocycles. The summed E-state index contributed by atoms with van der Waals surface area (Å²) < 4.78 is 15.3. The van der Waals surface area contributed by atoms with Crippen molar-refractivity contribution in [3.05, 3.63) is 18.2 Å². The Hall–Kier alpha value is -2.44. The second kappa shape index (κ2) is 5.05. The van der Waals surface area contributed by atoms with Crippen molar-refractivity contribution in [3.8, 4) is 11.5 Å². The van der Waals surface area contributed by atoms with E-state index in [2.05, 4.69) is 0 Å². The van der Waals surface area contributed by atoms with Crippen LogP contribution in [0.4, 0.5) is 10.5 Å². The largest absolute Gasteiger partial charge is 0.497 e. The maximum absolute atomic E-state index is 12.1. The van der Waals surface area contributed by atoms with E-state index in [1.807, 2.05) is 0 Å². The molecule has 0 fully saturated rings. The topological polar surface area (TPSA) is 91.1 Å². The van der Waals surface area contributed by atoms with E-state index < -0.39 is 18.1 Å². The number of nitrogens with two attached hydrogens (primary N) is 1. The van der Waals surface area contributed by atoms with Crippen molar-refractivity contribution in [3.63, 3.8) is 0 Å². The first-order chi connectivity index (χ1) is 9.02. The number of fused-ring (bicyclic) bond motifs is 1. The zero-order chi connectivity index (χ0) is 14.0. The second-order valence-electron chi connectivity index (χ2n) is 3.97. The number of carbonyl (C=O) groups excluding carboxylic acids is 2. The number of ether oxygens (including phenoxy) is 3. The summed E-state index contributed by atoms with van der Waals surface area (Å²) in [7, 11) is 3.09. The molecule has 2 amide bonds. The minimum atomic E-state index is -1.05. The average Bonchev–Trinajstić information content (AvgIpc) is 2.50. The molecule has 0 radical (unpaired) electrons. The molecule has 2 N–H and O–H groups in total. The number of likely N-dealkylation sites (N-methyl/N-ethyl adjacent to an activating group) is 1. The van der Waals surface area contributed by atoms with Crippen LogP contribution in [0.15, 0.2) is 18.2 Å². The van der Waals surface area contributed by atoms with Crippen molar-refractivity contribution in [2.24, 2.45) is 5.73 Å². The van der Waals surface area contributed by atoms with E-state index in [-0.39, 0.29) is 6.61 Å². The maximum Gasteiger partial charge on any atom is 0.405 e. The van der Waals surface area contributed by atoms with Crippen LogP contribution in [0.5, 0.6) is 11.5 Å². The van der Waals surface area contributed by atoms with E-state index >= 15 is 0 Å². The Morgan fingerprint density at radius 1 is 1.53 bits per heavy atom. The zero-order valence-corrected chi connectivity index (χ0v) is 10.6. The lowest BCUT2D eigenvalue weighted by Gasteiger charge is -2.19. The first-order valence-electron chi connectivity index (χ1n) is 5.57. The third-order valence-electron chi connectivity index (χ3n) is 2.78. The number of rotatable bonds is 2. The molecule has 7 heteroatoms. The Bertz CT molecular complexity index is 517. The van der Waals surface area contributed by atoms with Gasteiger partial charge in [-0.2, -0.15) is 0 Å². The summed E-state index contributed by atoms with van der Waals surface area (Å²) in [6.07, 6.45) is -2.07. The SMILES string of the molecule is COc1ccc2c(c1)N(C)C(=O)[C@@H](OC(N)=O)CO2. The third-order valence-corrected chi connectivity index (χ3v) is 2.78. The Kier molecular flexibility index (Phi) is 3.46. The van der Waals surface area contributed by atoms with Gasteiger partial charge in [-0.1, -0.05) is 0 Å². The van der Waals surface area contributed by atoms with Gasteiger partial charge in [0.1, 0.15) is 18.1 Å². The fourth-order valence-corrected chi connectivity index (χ4v) is 1.80. The Balaban J connectivity index is 2.33. The summed E-state index contributed by atoms with van der Waals surface area (Å²) in [5, 5.41) is 0. The van der Waals surface area contributed by atoms with Gasteiger partial charge in [0.05, 0.1) is 12.8 Å². The minimum absolute atomic E-state index is 0.0779. The highest BCUT2D eigenvalue weighted by molar-refractivity contribution is 5.99. The van der Waals surface area contributed by atoms with Crippen molar-refractivity contribution in [1.29, 1.82) is 0 Å². The number of nitrogens with zero attached hydrogens (tertiary/aromatic N) is 1. The van der Waals surface area contributed by atoms with Crippen LogP contribution in [0.2, 0.25) is 0 Å². The lowest BCUT2D eigenvalue weighted by atomic mass is 10.2. The molecule has 19 heavy (non-hydrogen) atoms. The summed E-state index contributed by atoms with van der Waals surface area (Å²) in [6, 6.07) is 5.07. The van der Waals surface area contributed by atoms with Gasteiger partial charge in [-0.3, -0.25) is 4.79 Å². The quantitative estimate of drug-likeness (QED) is 0.842. The molecule has 1 heterocycles. The summed E-state index contributed by atoms with van der Waals surface area (Å²) in [5.74, 6) is 0.689. The van der Waals surface area contributed by atoms with Crippen LogP contribution in [0.1, 0.15) is 0 Å². The lowest BCUT2D eigenvalue weighted by Crippen LogP contribution is -2.41. The second-order valence-corrected chi connectivity index (χ2v) is 3.97. The number of carbonyl (C=O) groups is 2.